The number of carbonyl (C=O) groups is 1. The average molecular weight is 317 g/mol. The van der Waals surface area contributed by atoms with Crippen molar-refractivity contribution in [3.63, 3.8) is 0 Å². The van der Waals surface area contributed by atoms with Crippen LogP contribution in [0.25, 0.3) is 0 Å². The minimum Gasteiger partial charge on any atom is -0.479 e. The number of aliphatic carboxylic acids is 1. The van der Waals surface area contributed by atoms with E-state index in [1.54, 1.807) is 11.5 Å². The molecule has 1 saturated heterocycles. The van der Waals surface area contributed by atoms with Crippen molar-refractivity contribution in [1.29, 1.82) is 0 Å². The summed E-state index contributed by atoms with van der Waals surface area (Å²) in [5, 5.41) is 8.90. The second kappa shape index (κ2) is 6.12. The zero-order valence-corrected chi connectivity index (χ0v) is 12.8. The minimum absolute atomic E-state index is 0.0421. The Hall–Kier alpha value is -1.45. The van der Waals surface area contributed by atoms with E-state index in [2.05, 4.69) is 4.98 Å². The molecule has 0 bridgehead atoms. The van der Waals surface area contributed by atoms with Gasteiger partial charge in [0.15, 0.2) is 11.1 Å². The number of carboxylic acids is 1. The maximum Gasteiger partial charge on any atom is 0.334 e. The monoisotopic (exact) mass is 317 g/mol. The largest absolute Gasteiger partial charge is 0.479 e. The molecule has 0 saturated carbocycles. The van der Waals surface area contributed by atoms with E-state index in [9.17, 15) is 13.2 Å². The molecule has 9 heteroatoms. The number of imidazole rings is 1. The zero-order chi connectivity index (χ0) is 15.6. The summed E-state index contributed by atoms with van der Waals surface area (Å²) in [4.78, 5) is 15.0. The number of sulfonamides is 1. The lowest BCUT2D eigenvalue weighted by atomic mass is 10.3. The number of morpholine rings is 1. The topological polar surface area (TPSA) is 102 Å². The van der Waals surface area contributed by atoms with Crippen LogP contribution in [-0.4, -0.2) is 59.2 Å². The van der Waals surface area contributed by atoms with Gasteiger partial charge in [0.1, 0.15) is 5.82 Å². The lowest BCUT2D eigenvalue weighted by molar-refractivity contribution is -0.153. The lowest BCUT2D eigenvalue weighted by Gasteiger charge is -2.29. The highest BCUT2D eigenvalue weighted by Gasteiger charge is 2.35. The quantitative estimate of drug-likeness (QED) is 0.825. The van der Waals surface area contributed by atoms with Gasteiger partial charge in [0, 0.05) is 19.3 Å². The van der Waals surface area contributed by atoms with Crippen LogP contribution >= 0.6 is 0 Å². The number of aryl methyl sites for hydroxylation is 2. The summed E-state index contributed by atoms with van der Waals surface area (Å²) in [6, 6.07) is 0. The van der Waals surface area contributed by atoms with Gasteiger partial charge in [-0.3, -0.25) is 0 Å². The van der Waals surface area contributed by atoms with Gasteiger partial charge in [0.2, 0.25) is 0 Å². The highest BCUT2D eigenvalue weighted by Crippen LogP contribution is 2.18. The van der Waals surface area contributed by atoms with Crippen LogP contribution in [0.4, 0.5) is 0 Å². The van der Waals surface area contributed by atoms with Crippen LogP contribution in [0.3, 0.4) is 0 Å². The number of nitrogens with zero attached hydrogens (tertiary/aromatic N) is 3. The summed E-state index contributed by atoms with van der Waals surface area (Å²) in [5.74, 6) is -0.541. The number of hydrogen-bond acceptors (Lipinski definition) is 5. The average Bonchev–Trinajstić information content (AvgIpc) is 2.81. The van der Waals surface area contributed by atoms with E-state index in [1.165, 1.54) is 6.20 Å². The van der Waals surface area contributed by atoms with E-state index in [0.29, 0.717) is 12.4 Å². The van der Waals surface area contributed by atoms with E-state index in [0.717, 1.165) is 10.7 Å². The normalized spacial score (nSPS) is 20.6. The fourth-order valence-corrected chi connectivity index (χ4v) is 3.62. The third kappa shape index (κ3) is 3.25. The predicted octanol–water partition coefficient (Wildman–Crippen LogP) is 0.0756. The molecular weight excluding hydrogens is 298 g/mol. The van der Waals surface area contributed by atoms with Crippen molar-refractivity contribution in [3.05, 3.63) is 12.0 Å². The summed E-state index contributed by atoms with van der Waals surface area (Å²) in [6.45, 7) is 4.42. The Labute approximate surface area is 123 Å². The van der Waals surface area contributed by atoms with Crippen LogP contribution in [0.2, 0.25) is 0 Å². The molecule has 0 aromatic carbocycles. The molecule has 1 aliphatic heterocycles. The SMILES string of the molecule is CCCn1cc(S(=O)(=O)N2CCOC(C(=O)O)C2)nc1C. The summed E-state index contributed by atoms with van der Waals surface area (Å²) < 4.78 is 33.0. The third-order valence-corrected chi connectivity index (χ3v) is 5.06. The van der Waals surface area contributed by atoms with Gasteiger partial charge in [-0.2, -0.15) is 4.31 Å². The first-order chi connectivity index (χ1) is 9.86. The van der Waals surface area contributed by atoms with E-state index < -0.39 is 22.1 Å². The standard InChI is InChI=1S/C12H19N3O5S/c1-3-4-14-8-11(13-9(14)2)21(18,19)15-5-6-20-10(7-15)12(16)17/h8,10H,3-7H2,1-2H3,(H,16,17). The van der Waals surface area contributed by atoms with Crippen LogP contribution in [0, 0.1) is 6.92 Å². The first-order valence-electron chi connectivity index (χ1n) is 6.74. The van der Waals surface area contributed by atoms with Crippen molar-refractivity contribution in [3.8, 4) is 0 Å². The Kier molecular flexibility index (Phi) is 4.64. The van der Waals surface area contributed by atoms with Crippen molar-refractivity contribution >= 4 is 16.0 Å². The third-order valence-electron chi connectivity index (χ3n) is 3.33. The zero-order valence-electron chi connectivity index (χ0n) is 12.0. The van der Waals surface area contributed by atoms with E-state index in [1.807, 2.05) is 6.92 Å². The summed E-state index contributed by atoms with van der Waals surface area (Å²) in [7, 11) is -3.79. The number of aromatic nitrogens is 2. The fourth-order valence-electron chi connectivity index (χ4n) is 2.20. The molecule has 1 atom stereocenters. The van der Waals surface area contributed by atoms with Gasteiger partial charge >= 0.3 is 5.97 Å². The number of rotatable bonds is 5. The van der Waals surface area contributed by atoms with Crippen molar-refractivity contribution in [2.45, 2.75) is 37.9 Å². The molecule has 8 nitrogen and oxygen atoms in total. The van der Waals surface area contributed by atoms with Crippen LogP contribution in [0.1, 0.15) is 19.2 Å². The molecule has 1 aromatic heterocycles. The first kappa shape index (κ1) is 15.9. The molecule has 2 rings (SSSR count). The second-order valence-corrected chi connectivity index (χ2v) is 6.77. The Morgan fingerprint density at radius 2 is 2.29 bits per heavy atom. The van der Waals surface area contributed by atoms with E-state index >= 15 is 0 Å². The second-order valence-electron chi connectivity index (χ2n) is 4.88. The Balaban J connectivity index is 2.25. The summed E-state index contributed by atoms with van der Waals surface area (Å²) >= 11 is 0. The number of ether oxygens (including phenoxy) is 1. The maximum absolute atomic E-state index is 12.5. The number of carboxylic acid groups (broad SMARTS) is 1. The Bertz CT molecular complexity index is 625. The molecule has 1 aliphatic rings. The van der Waals surface area contributed by atoms with Crippen molar-refractivity contribution in [1.82, 2.24) is 13.9 Å². The van der Waals surface area contributed by atoms with Gasteiger partial charge in [0.05, 0.1) is 13.2 Å². The molecule has 2 heterocycles. The molecule has 1 unspecified atom stereocenters. The Morgan fingerprint density at radius 3 is 2.90 bits per heavy atom. The van der Waals surface area contributed by atoms with E-state index in [4.69, 9.17) is 9.84 Å². The summed E-state index contributed by atoms with van der Waals surface area (Å²) in [5.41, 5.74) is 0. The molecule has 0 amide bonds. The molecule has 1 aromatic rings. The highest BCUT2D eigenvalue weighted by molar-refractivity contribution is 7.89. The molecular formula is C12H19N3O5S. The van der Waals surface area contributed by atoms with Gasteiger partial charge in [-0.1, -0.05) is 6.92 Å². The first-order valence-corrected chi connectivity index (χ1v) is 8.18. The predicted molar refractivity (Wildman–Crippen MR) is 73.4 cm³/mol. The fraction of sp³-hybridized carbons (Fsp3) is 0.667. The van der Waals surface area contributed by atoms with Crippen molar-refractivity contribution in [2.75, 3.05) is 19.7 Å². The van der Waals surface area contributed by atoms with Crippen LogP contribution in [-0.2, 0) is 26.1 Å². The Morgan fingerprint density at radius 1 is 1.57 bits per heavy atom. The maximum atomic E-state index is 12.5. The van der Waals surface area contributed by atoms with Crippen molar-refractivity contribution in [2.24, 2.45) is 0 Å². The van der Waals surface area contributed by atoms with Crippen LogP contribution in [0.5, 0.6) is 0 Å². The molecule has 1 fully saturated rings. The molecule has 0 spiro atoms. The van der Waals surface area contributed by atoms with Gasteiger partial charge < -0.3 is 14.4 Å². The van der Waals surface area contributed by atoms with Gasteiger partial charge in [-0.15, -0.1) is 0 Å². The smallest absolute Gasteiger partial charge is 0.334 e. The highest BCUT2D eigenvalue weighted by atomic mass is 32.2. The molecule has 0 radical (unpaired) electrons. The van der Waals surface area contributed by atoms with Gasteiger partial charge in [0.25, 0.3) is 10.0 Å². The lowest BCUT2D eigenvalue weighted by Crippen LogP contribution is -2.48. The molecule has 21 heavy (non-hydrogen) atoms. The van der Waals surface area contributed by atoms with Gasteiger partial charge in [-0.05, 0) is 13.3 Å². The summed E-state index contributed by atoms with van der Waals surface area (Å²) in [6.07, 6.45) is 1.24. The van der Waals surface area contributed by atoms with Crippen molar-refractivity contribution < 1.29 is 23.1 Å². The van der Waals surface area contributed by atoms with Crippen LogP contribution in [0.15, 0.2) is 11.2 Å². The van der Waals surface area contributed by atoms with E-state index in [-0.39, 0.29) is 24.7 Å². The molecule has 118 valence electrons. The van der Waals surface area contributed by atoms with Crippen LogP contribution < -0.4 is 0 Å². The minimum atomic E-state index is -3.79. The number of hydrogen-bond donors (Lipinski definition) is 1. The van der Waals surface area contributed by atoms with Gasteiger partial charge in [-0.25, -0.2) is 18.2 Å². The molecule has 0 aliphatic carbocycles. The molecule has 1 N–H and O–H groups in total.